The second-order valence-electron chi connectivity index (χ2n) is 19.6. The third-order valence-corrected chi connectivity index (χ3v) is 18.3. The van der Waals surface area contributed by atoms with Crippen LogP contribution in [-0.2, 0) is 21.5 Å². The monoisotopic (exact) mass is 882 g/mol. The summed E-state index contributed by atoms with van der Waals surface area (Å²) in [4.78, 5) is 2.36. The number of ether oxygens (including phenoxy) is 2. The van der Waals surface area contributed by atoms with Gasteiger partial charge >= 0.3 is 0 Å². The molecule has 0 radical (unpaired) electrons. The second-order valence-corrected chi connectivity index (χ2v) is 23.9. The van der Waals surface area contributed by atoms with Crippen LogP contribution in [0.25, 0.3) is 22.3 Å². The van der Waals surface area contributed by atoms with Crippen LogP contribution in [0, 0.1) is 0 Å². The van der Waals surface area contributed by atoms with Gasteiger partial charge in [0.2, 0.25) is 0 Å². The number of rotatable bonds is 23. The number of nitrogens with zero attached hydrogens (tertiary/aromatic N) is 1. The summed E-state index contributed by atoms with van der Waals surface area (Å²) in [6.45, 7) is 11.2. The summed E-state index contributed by atoms with van der Waals surface area (Å²) in [5.41, 5.74) is 13.4. The largest absolute Gasteiger partial charge is 0.353 e. The number of benzene rings is 6. The van der Waals surface area contributed by atoms with E-state index in [0.717, 1.165) is 36.5 Å². The Labute approximate surface area is 393 Å². The van der Waals surface area contributed by atoms with E-state index in [4.69, 9.17) is 9.47 Å². The van der Waals surface area contributed by atoms with Crippen molar-refractivity contribution < 1.29 is 9.47 Å². The maximum absolute atomic E-state index is 6.45. The van der Waals surface area contributed by atoms with Crippen LogP contribution < -0.4 is 15.3 Å². The highest BCUT2D eigenvalue weighted by Gasteiger charge is 2.43. The van der Waals surface area contributed by atoms with Gasteiger partial charge in [-0.15, -0.1) is 0 Å². The normalized spacial score (nSPS) is 15.4. The summed E-state index contributed by atoms with van der Waals surface area (Å²) in [5.74, 6) is 0. The predicted molar refractivity (Wildman–Crippen MR) is 280 cm³/mol. The zero-order valence-electron chi connectivity index (χ0n) is 40.1. The fraction of sp³-hybridized carbons (Fsp3) is 0.410. The summed E-state index contributed by atoms with van der Waals surface area (Å²) in [5, 5.41) is 3.01. The second kappa shape index (κ2) is 22.6. The quantitative estimate of drug-likeness (QED) is 0.0473. The standard InChI is InChI=1S/C61H75NO2Si/c1-5-7-9-11-13-24-42-61(43-25-14-12-10-8-6-2)57-45-49(48-34-37-53(38-35-48)62(51-28-17-15-18-29-51)52-30-19-16-20-31-52)36-40-55(57)56-41-39-54(46-58(56)61)65(3,4)59-32-22-21-27-50(59)47-64-60-33-23-26-44-63-60/h15-22,27-32,34-41,45-46,60H,5-14,23-26,33,42-44,47H2,1-4H3. The van der Waals surface area contributed by atoms with E-state index in [1.807, 2.05) is 0 Å². The van der Waals surface area contributed by atoms with Crippen molar-refractivity contribution in [1.82, 2.24) is 0 Å². The number of fused-ring (bicyclic) bond motifs is 3. The minimum Gasteiger partial charge on any atom is -0.353 e. The van der Waals surface area contributed by atoms with Gasteiger partial charge in [0.05, 0.1) is 6.61 Å². The topological polar surface area (TPSA) is 21.7 Å². The van der Waals surface area contributed by atoms with Crippen molar-refractivity contribution in [3.05, 3.63) is 162 Å². The minimum absolute atomic E-state index is 0.0189. The molecule has 340 valence electrons. The molecule has 6 aromatic rings. The van der Waals surface area contributed by atoms with Gasteiger partial charge in [-0.25, -0.2) is 0 Å². The van der Waals surface area contributed by atoms with Gasteiger partial charge in [-0.05, 0) is 119 Å². The lowest BCUT2D eigenvalue weighted by molar-refractivity contribution is -0.168. The predicted octanol–water partition coefficient (Wildman–Crippen LogP) is 16.5. The molecule has 8 rings (SSSR count). The van der Waals surface area contributed by atoms with Gasteiger partial charge in [0.1, 0.15) is 8.07 Å². The van der Waals surface area contributed by atoms with Crippen molar-refractivity contribution in [2.75, 3.05) is 11.5 Å². The molecule has 4 heteroatoms. The van der Waals surface area contributed by atoms with Crippen molar-refractivity contribution in [3.63, 3.8) is 0 Å². The Kier molecular flexibility index (Phi) is 16.3. The molecule has 0 N–H and O–H groups in total. The van der Waals surface area contributed by atoms with E-state index < -0.39 is 8.07 Å². The Hall–Kier alpha value is -4.74. The highest BCUT2D eigenvalue weighted by atomic mass is 28.3. The van der Waals surface area contributed by atoms with Crippen LogP contribution in [0.15, 0.2) is 146 Å². The van der Waals surface area contributed by atoms with E-state index in [9.17, 15) is 0 Å². The van der Waals surface area contributed by atoms with Crippen molar-refractivity contribution in [2.45, 2.75) is 154 Å². The molecule has 0 saturated carbocycles. The zero-order valence-corrected chi connectivity index (χ0v) is 41.1. The Bertz CT molecular complexity index is 2330. The lowest BCUT2D eigenvalue weighted by atomic mass is 9.70. The van der Waals surface area contributed by atoms with Gasteiger partial charge < -0.3 is 14.4 Å². The third-order valence-electron chi connectivity index (χ3n) is 14.7. The number of hydrogen-bond acceptors (Lipinski definition) is 3. The molecular weight excluding hydrogens is 807 g/mol. The molecule has 1 fully saturated rings. The van der Waals surface area contributed by atoms with Gasteiger partial charge in [0.15, 0.2) is 6.29 Å². The summed E-state index contributed by atoms with van der Waals surface area (Å²) >= 11 is 0. The molecule has 3 nitrogen and oxygen atoms in total. The van der Waals surface area contributed by atoms with Crippen LogP contribution in [0.3, 0.4) is 0 Å². The van der Waals surface area contributed by atoms with E-state index in [2.05, 4.69) is 177 Å². The average molecular weight is 882 g/mol. The lowest BCUT2D eigenvalue weighted by Crippen LogP contribution is -2.54. The summed E-state index contributed by atoms with van der Waals surface area (Å²) in [6.07, 6.45) is 21.4. The number of anilines is 3. The Morgan fingerprint density at radius 2 is 1.09 bits per heavy atom. The van der Waals surface area contributed by atoms with E-state index in [-0.39, 0.29) is 11.7 Å². The molecule has 1 aliphatic heterocycles. The first-order chi connectivity index (χ1) is 31.9. The summed E-state index contributed by atoms with van der Waals surface area (Å²) < 4.78 is 12.5. The molecule has 1 unspecified atom stereocenters. The van der Waals surface area contributed by atoms with Crippen LogP contribution in [-0.4, -0.2) is 21.0 Å². The number of para-hydroxylation sites is 2. The highest BCUT2D eigenvalue weighted by Crippen LogP contribution is 2.55. The first-order valence-corrected chi connectivity index (χ1v) is 28.5. The number of hydrogen-bond donors (Lipinski definition) is 0. The van der Waals surface area contributed by atoms with Gasteiger partial charge in [-0.3, -0.25) is 0 Å². The maximum atomic E-state index is 6.45. The Balaban J connectivity index is 1.17. The number of unbranched alkanes of at least 4 members (excludes halogenated alkanes) is 10. The first kappa shape index (κ1) is 46.8. The van der Waals surface area contributed by atoms with E-state index >= 15 is 0 Å². The lowest BCUT2D eigenvalue weighted by Gasteiger charge is -2.35. The molecule has 1 atom stereocenters. The molecule has 1 aliphatic carbocycles. The molecule has 2 aliphatic rings. The average Bonchev–Trinajstić information content (AvgIpc) is 3.62. The molecule has 6 aromatic carbocycles. The fourth-order valence-corrected chi connectivity index (χ4v) is 13.8. The van der Waals surface area contributed by atoms with Gasteiger partial charge in [-0.1, -0.05) is 212 Å². The Morgan fingerprint density at radius 3 is 1.71 bits per heavy atom. The molecular formula is C61H75NO2Si. The van der Waals surface area contributed by atoms with E-state index in [0.29, 0.717) is 6.61 Å². The maximum Gasteiger partial charge on any atom is 0.158 e. The van der Waals surface area contributed by atoms with Gasteiger partial charge in [0, 0.05) is 29.1 Å². The first-order valence-electron chi connectivity index (χ1n) is 25.5. The van der Waals surface area contributed by atoms with Crippen molar-refractivity contribution in [1.29, 1.82) is 0 Å². The van der Waals surface area contributed by atoms with Crippen LogP contribution in [0.4, 0.5) is 17.1 Å². The van der Waals surface area contributed by atoms with E-state index in [1.165, 1.54) is 135 Å². The summed E-state index contributed by atoms with van der Waals surface area (Å²) in [7, 11) is -2.15. The van der Waals surface area contributed by atoms with Crippen LogP contribution in [0.2, 0.25) is 13.1 Å². The fourth-order valence-electron chi connectivity index (χ4n) is 11.0. The molecule has 0 aromatic heterocycles. The third kappa shape index (κ3) is 10.9. The van der Waals surface area contributed by atoms with Crippen LogP contribution in [0.1, 0.15) is 140 Å². The van der Waals surface area contributed by atoms with Crippen molar-refractivity contribution >= 4 is 35.5 Å². The molecule has 0 amide bonds. The molecule has 0 bridgehead atoms. The minimum atomic E-state index is -2.15. The molecule has 1 saturated heterocycles. The van der Waals surface area contributed by atoms with Crippen LogP contribution >= 0.6 is 0 Å². The smallest absolute Gasteiger partial charge is 0.158 e. The highest BCUT2D eigenvalue weighted by molar-refractivity contribution is 7.00. The molecule has 1 heterocycles. The SMILES string of the molecule is CCCCCCCCC1(CCCCCCCC)c2cc(-c3ccc(N(c4ccccc4)c4ccccc4)cc3)ccc2-c2ccc([Si](C)(C)c3ccccc3COC3CCCCO3)cc21. The van der Waals surface area contributed by atoms with E-state index in [1.54, 1.807) is 11.1 Å². The van der Waals surface area contributed by atoms with Gasteiger partial charge in [-0.2, -0.15) is 0 Å². The molecule has 65 heavy (non-hydrogen) atoms. The zero-order chi connectivity index (χ0) is 44.9. The van der Waals surface area contributed by atoms with Crippen molar-refractivity contribution in [3.8, 4) is 22.3 Å². The molecule has 0 spiro atoms. The van der Waals surface area contributed by atoms with Gasteiger partial charge in [0.25, 0.3) is 0 Å². The van der Waals surface area contributed by atoms with Crippen LogP contribution in [0.5, 0.6) is 0 Å². The Morgan fingerprint density at radius 1 is 0.554 bits per heavy atom. The van der Waals surface area contributed by atoms with Crippen molar-refractivity contribution in [2.24, 2.45) is 0 Å². The summed E-state index contributed by atoms with van der Waals surface area (Å²) in [6, 6.07) is 55.1.